The van der Waals surface area contributed by atoms with Gasteiger partial charge in [-0.15, -0.1) is 12.4 Å². The Bertz CT molecular complexity index is 226. The van der Waals surface area contributed by atoms with E-state index in [0.29, 0.717) is 17.6 Å². The second-order valence-electron chi connectivity index (χ2n) is 4.77. The molecule has 0 amide bonds. The predicted molar refractivity (Wildman–Crippen MR) is 54.2 cm³/mol. The fourth-order valence-electron chi connectivity index (χ4n) is 2.14. The van der Waals surface area contributed by atoms with Gasteiger partial charge in [-0.2, -0.15) is 0 Å². The van der Waals surface area contributed by atoms with Gasteiger partial charge in [0.2, 0.25) is 5.79 Å². The summed E-state index contributed by atoms with van der Waals surface area (Å²) in [5, 5.41) is 20.2. The lowest BCUT2D eigenvalue weighted by molar-refractivity contribution is -0.914. The van der Waals surface area contributed by atoms with Crippen LogP contribution in [0.4, 0.5) is 0 Å². The highest BCUT2D eigenvalue weighted by Crippen LogP contribution is 2.23. The first-order chi connectivity index (χ1) is 6.20. The van der Waals surface area contributed by atoms with Crippen LogP contribution in [0.25, 0.3) is 0 Å². The van der Waals surface area contributed by atoms with Crippen LogP contribution in [0.5, 0.6) is 0 Å². The van der Waals surface area contributed by atoms with Crippen molar-refractivity contribution in [2.45, 2.75) is 25.2 Å². The van der Waals surface area contributed by atoms with E-state index < -0.39 is 17.9 Å². The maximum Gasteiger partial charge on any atom is 0.213 e. The first-order valence-corrected chi connectivity index (χ1v) is 4.62. The number of carbonyl (C=O) groups is 1. The summed E-state index contributed by atoms with van der Waals surface area (Å²) in [4.78, 5) is 10.4. The fourth-order valence-corrected chi connectivity index (χ4v) is 2.14. The molecule has 0 aliphatic carbocycles. The fraction of sp³-hybridized carbons (Fsp3) is 0.889. The standard InChI is InChI=1S/C9H17NO4.ClH/c1-9(13)6-10(2,3)5-7(14-9)4-8(11)12;/h7,13H,4-6H2,1-3H3;1H/t7-,9-;/m0./s1. The molecular weight excluding hydrogens is 222 g/mol. The van der Waals surface area contributed by atoms with Gasteiger partial charge in [0.25, 0.3) is 0 Å². The number of hydrogen-bond acceptors (Lipinski definition) is 4. The SMILES string of the molecule is C[C@@]1(O)C[N+](C)(C)C[C@H](CC(=O)[O-])O1.Cl. The average molecular weight is 240 g/mol. The topological polar surface area (TPSA) is 69.6 Å². The molecule has 1 N–H and O–H groups in total. The Hall–Kier alpha value is -0.360. The third-order valence-corrected chi connectivity index (χ3v) is 2.23. The number of carboxylic acid groups (broad SMARTS) is 1. The number of rotatable bonds is 2. The highest BCUT2D eigenvalue weighted by molar-refractivity contribution is 5.85. The zero-order valence-electron chi connectivity index (χ0n) is 9.23. The maximum absolute atomic E-state index is 10.4. The molecular formula is C9H18ClNO4. The largest absolute Gasteiger partial charge is 0.550 e. The lowest BCUT2D eigenvalue weighted by Crippen LogP contribution is -2.62. The minimum absolute atomic E-state index is 0. The number of ether oxygens (including phenoxy) is 1. The highest BCUT2D eigenvalue weighted by Gasteiger charge is 2.41. The predicted octanol–water partition coefficient (Wildman–Crippen LogP) is -1.27. The van der Waals surface area contributed by atoms with Crippen molar-refractivity contribution < 1.29 is 24.2 Å². The van der Waals surface area contributed by atoms with E-state index in [9.17, 15) is 15.0 Å². The monoisotopic (exact) mass is 239 g/mol. The van der Waals surface area contributed by atoms with Crippen molar-refractivity contribution in [3.8, 4) is 0 Å². The normalized spacial score (nSPS) is 34.3. The van der Waals surface area contributed by atoms with E-state index in [-0.39, 0.29) is 18.8 Å². The zero-order chi connectivity index (χ0) is 11.0. The van der Waals surface area contributed by atoms with E-state index in [1.807, 2.05) is 14.1 Å². The molecule has 5 nitrogen and oxygen atoms in total. The van der Waals surface area contributed by atoms with Crippen molar-refractivity contribution in [2.24, 2.45) is 0 Å². The molecule has 0 aromatic rings. The number of morpholine rings is 1. The Morgan fingerprint density at radius 2 is 2.20 bits per heavy atom. The van der Waals surface area contributed by atoms with Crippen LogP contribution in [-0.4, -0.2) is 54.6 Å². The van der Waals surface area contributed by atoms with E-state index in [4.69, 9.17) is 4.74 Å². The van der Waals surface area contributed by atoms with Crippen LogP contribution in [0, 0.1) is 0 Å². The lowest BCUT2D eigenvalue weighted by atomic mass is 10.1. The first-order valence-electron chi connectivity index (χ1n) is 4.62. The molecule has 1 aliphatic heterocycles. The Balaban J connectivity index is 0.00000196. The summed E-state index contributed by atoms with van der Waals surface area (Å²) in [6, 6.07) is 0. The number of carbonyl (C=O) groups excluding carboxylic acids is 1. The quantitative estimate of drug-likeness (QED) is 0.611. The van der Waals surface area contributed by atoms with Crippen molar-refractivity contribution in [3.63, 3.8) is 0 Å². The van der Waals surface area contributed by atoms with Crippen LogP contribution in [0.3, 0.4) is 0 Å². The third-order valence-electron chi connectivity index (χ3n) is 2.23. The molecule has 0 radical (unpaired) electrons. The Morgan fingerprint density at radius 1 is 1.67 bits per heavy atom. The number of aliphatic hydroxyl groups is 1. The minimum atomic E-state index is -1.25. The van der Waals surface area contributed by atoms with Crippen molar-refractivity contribution in [1.29, 1.82) is 0 Å². The van der Waals surface area contributed by atoms with E-state index >= 15 is 0 Å². The van der Waals surface area contributed by atoms with Crippen molar-refractivity contribution in [2.75, 3.05) is 27.2 Å². The van der Waals surface area contributed by atoms with Gasteiger partial charge in [-0.05, 0) is 6.92 Å². The van der Waals surface area contributed by atoms with Crippen molar-refractivity contribution >= 4 is 18.4 Å². The molecule has 1 fully saturated rings. The van der Waals surface area contributed by atoms with Gasteiger partial charge in [0.1, 0.15) is 19.2 Å². The van der Waals surface area contributed by atoms with E-state index in [1.54, 1.807) is 6.92 Å². The second kappa shape index (κ2) is 4.65. The van der Waals surface area contributed by atoms with Crippen molar-refractivity contribution in [1.82, 2.24) is 0 Å². The number of carboxylic acids is 1. The molecule has 0 saturated carbocycles. The zero-order valence-corrected chi connectivity index (χ0v) is 10.0. The number of nitrogens with zero attached hydrogens (tertiary/aromatic N) is 1. The van der Waals surface area contributed by atoms with Crippen LogP contribution in [0.2, 0.25) is 0 Å². The minimum Gasteiger partial charge on any atom is -0.550 e. The van der Waals surface area contributed by atoms with Crippen LogP contribution in [-0.2, 0) is 9.53 Å². The first kappa shape index (κ1) is 14.6. The second-order valence-corrected chi connectivity index (χ2v) is 4.77. The van der Waals surface area contributed by atoms with E-state index in [1.165, 1.54) is 0 Å². The molecule has 0 unspecified atom stereocenters. The van der Waals surface area contributed by atoms with Gasteiger partial charge in [0, 0.05) is 12.4 Å². The molecule has 90 valence electrons. The molecule has 1 rings (SSSR count). The molecule has 1 aliphatic rings. The molecule has 1 saturated heterocycles. The lowest BCUT2D eigenvalue weighted by Gasteiger charge is -2.44. The summed E-state index contributed by atoms with van der Waals surface area (Å²) < 4.78 is 5.79. The number of halogens is 1. The van der Waals surface area contributed by atoms with Crippen molar-refractivity contribution in [3.05, 3.63) is 0 Å². The summed E-state index contributed by atoms with van der Waals surface area (Å²) in [6.07, 6.45) is -0.642. The van der Waals surface area contributed by atoms with Gasteiger partial charge in [0.15, 0.2) is 0 Å². The molecule has 1 heterocycles. The maximum atomic E-state index is 10.4. The number of quaternary nitrogens is 1. The van der Waals surface area contributed by atoms with Gasteiger partial charge in [0.05, 0.1) is 14.1 Å². The molecule has 0 aromatic heterocycles. The number of aliphatic carboxylic acids is 1. The van der Waals surface area contributed by atoms with E-state index in [0.717, 1.165) is 0 Å². The Labute approximate surface area is 95.6 Å². The van der Waals surface area contributed by atoms with Crippen LogP contribution < -0.4 is 5.11 Å². The summed E-state index contributed by atoms with van der Waals surface area (Å²) in [6.45, 7) is 2.58. The van der Waals surface area contributed by atoms with Gasteiger partial charge in [-0.25, -0.2) is 0 Å². The number of likely N-dealkylation sites (N-methyl/N-ethyl adjacent to an activating group) is 1. The van der Waals surface area contributed by atoms with Gasteiger partial charge in [-0.3, -0.25) is 0 Å². The van der Waals surface area contributed by atoms with Gasteiger partial charge < -0.3 is 24.2 Å². The summed E-state index contributed by atoms with van der Waals surface area (Å²) >= 11 is 0. The smallest absolute Gasteiger partial charge is 0.213 e. The molecule has 0 bridgehead atoms. The molecule has 6 heteroatoms. The van der Waals surface area contributed by atoms with Crippen LogP contribution >= 0.6 is 12.4 Å². The molecule has 15 heavy (non-hydrogen) atoms. The number of hydrogen-bond donors (Lipinski definition) is 1. The van der Waals surface area contributed by atoms with Crippen LogP contribution in [0.15, 0.2) is 0 Å². The summed E-state index contributed by atoms with van der Waals surface area (Å²) in [5.41, 5.74) is 0. The van der Waals surface area contributed by atoms with E-state index in [2.05, 4.69) is 0 Å². The molecule has 0 aromatic carbocycles. The Morgan fingerprint density at radius 3 is 2.60 bits per heavy atom. The Kier molecular flexibility index (Phi) is 4.54. The van der Waals surface area contributed by atoms with Gasteiger partial charge >= 0.3 is 0 Å². The highest BCUT2D eigenvalue weighted by atomic mass is 35.5. The molecule has 2 atom stereocenters. The summed E-state index contributed by atoms with van der Waals surface area (Å²) in [7, 11) is 3.86. The van der Waals surface area contributed by atoms with Gasteiger partial charge in [-0.1, -0.05) is 0 Å². The average Bonchev–Trinajstić information content (AvgIpc) is 1.74. The summed E-state index contributed by atoms with van der Waals surface area (Å²) in [5.74, 6) is -2.39. The third kappa shape index (κ3) is 4.79. The molecule has 0 spiro atoms. The van der Waals surface area contributed by atoms with Crippen LogP contribution in [0.1, 0.15) is 13.3 Å².